The van der Waals surface area contributed by atoms with Crippen LogP contribution < -0.4 is 5.32 Å². The normalized spacial score (nSPS) is 16.2. The minimum Gasteiger partial charge on any atom is -0.459 e. The molecule has 118 valence electrons. The van der Waals surface area contributed by atoms with Gasteiger partial charge in [0.2, 0.25) is 0 Å². The summed E-state index contributed by atoms with van der Waals surface area (Å²) < 4.78 is 10.3. The molecule has 1 saturated heterocycles. The van der Waals surface area contributed by atoms with E-state index in [0.29, 0.717) is 11.8 Å². The van der Waals surface area contributed by atoms with E-state index in [0.717, 1.165) is 49.5 Å². The highest BCUT2D eigenvalue weighted by molar-refractivity contribution is 5.91. The number of piperidine rings is 1. The fraction of sp³-hybridized carbons (Fsp3) is 0.500. The van der Waals surface area contributed by atoms with Crippen molar-refractivity contribution in [2.45, 2.75) is 39.3 Å². The van der Waals surface area contributed by atoms with E-state index in [4.69, 9.17) is 8.94 Å². The number of furan rings is 1. The third kappa shape index (κ3) is 3.06. The van der Waals surface area contributed by atoms with Crippen LogP contribution in [0.1, 0.15) is 40.4 Å². The summed E-state index contributed by atoms with van der Waals surface area (Å²) in [5.74, 6) is 1.27. The van der Waals surface area contributed by atoms with Gasteiger partial charge < -0.3 is 19.2 Å². The van der Waals surface area contributed by atoms with Crippen molar-refractivity contribution >= 4 is 5.91 Å². The number of nitrogens with zero attached hydrogens (tertiary/aromatic N) is 2. The molecule has 22 heavy (non-hydrogen) atoms. The van der Waals surface area contributed by atoms with Gasteiger partial charge in [-0.3, -0.25) is 4.79 Å². The van der Waals surface area contributed by atoms with Crippen molar-refractivity contribution in [1.82, 2.24) is 15.4 Å². The lowest BCUT2D eigenvalue weighted by Gasteiger charge is -2.32. The molecule has 6 nitrogen and oxygen atoms in total. The van der Waals surface area contributed by atoms with Crippen molar-refractivity contribution in [2.75, 3.05) is 13.1 Å². The van der Waals surface area contributed by atoms with E-state index in [2.05, 4.69) is 10.5 Å². The Morgan fingerprint density at radius 1 is 1.41 bits per heavy atom. The number of aryl methyl sites for hydroxylation is 2. The lowest BCUT2D eigenvalue weighted by molar-refractivity contribution is 0.0672. The van der Waals surface area contributed by atoms with E-state index < -0.39 is 0 Å². The van der Waals surface area contributed by atoms with Crippen molar-refractivity contribution in [1.29, 1.82) is 0 Å². The predicted molar refractivity (Wildman–Crippen MR) is 80.5 cm³/mol. The number of likely N-dealkylation sites (tertiary alicyclic amines) is 1. The number of rotatable bonds is 4. The van der Waals surface area contributed by atoms with E-state index in [1.165, 1.54) is 6.26 Å². The summed E-state index contributed by atoms with van der Waals surface area (Å²) in [6.45, 7) is 6.15. The number of hydrogen-bond donors (Lipinski definition) is 1. The van der Waals surface area contributed by atoms with Crippen LogP contribution in [0.4, 0.5) is 0 Å². The summed E-state index contributed by atoms with van der Waals surface area (Å²) >= 11 is 0. The number of hydrogen-bond acceptors (Lipinski definition) is 5. The molecule has 2 aromatic heterocycles. The molecule has 6 heteroatoms. The van der Waals surface area contributed by atoms with Crippen LogP contribution in [-0.2, 0) is 6.54 Å². The first-order chi connectivity index (χ1) is 10.6. The van der Waals surface area contributed by atoms with Crippen LogP contribution in [0.2, 0.25) is 0 Å². The minimum atomic E-state index is -0.0193. The number of aromatic nitrogens is 1. The largest absolute Gasteiger partial charge is 0.459 e. The third-order valence-electron chi connectivity index (χ3n) is 4.26. The second kappa shape index (κ2) is 6.36. The van der Waals surface area contributed by atoms with Gasteiger partial charge >= 0.3 is 0 Å². The molecule has 0 aromatic carbocycles. The number of carbonyl (C=O) groups excluding carboxylic acids is 1. The Kier molecular flexibility index (Phi) is 4.29. The van der Waals surface area contributed by atoms with Crippen LogP contribution in [0.15, 0.2) is 27.3 Å². The maximum Gasteiger partial charge on any atom is 0.289 e. The Hall–Kier alpha value is -2.08. The molecule has 1 aliphatic heterocycles. The van der Waals surface area contributed by atoms with Gasteiger partial charge in [0.15, 0.2) is 5.76 Å². The number of amides is 1. The summed E-state index contributed by atoms with van der Waals surface area (Å²) in [6.07, 6.45) is 3.41. The molecule has 3 heterocycles. The molecule has 0 saturated carbocycles. The lowest BCUT2D eigenvalue weighted by Crippen LogP contribution is -2.44. The van der Waals surface area contributed by atoms with Crippen LogP contribution in [0, 0.1) is 13.8 Å². The zero-order valence-corrected chi connectivity index (χ0v) is 13.0. The van der Waals surface area contributed by atoms with Gasteiger partial charge in [0, 0.05) is 31.2 Å². The lowest BCUT2D eigenvalue weighted by atomic mass is 10.0. The number of nitrogens with one attached hydrogen (secondary N) is 1. The molecule has 1 N–H and O–H groups in total. The standard InChI is InChI=1S/C16H21N3O3/c1-11-14(12(2)22-18-11)10-17-13-5-7-19(8-6-13)16(20)15-4-3-9-21-15/h3-4,9,13,17H,5-8,10H2,1-2H3. The van der Waals surface area contributed by atoms with Gasteiger partial charge in [-0.2, -0.15) is 0 Å². The van der Waals surface area contributed by atoms with E-state index in [9.17, 15) is 4.79 Å². The molecule has 0 spiro atoms. The Balaban J connectivity index is 1.49. The average Bonchev–Trinajstić information content (AvgIpc) is 3.17. The summed E-state index contributed by atoms with van der Waals surface area (Å²) in [4.78, 5) is 14.0. The Labute approximate surface area is 129 Å². The number of carbonyl (C=O) groups is 1. The first-order valence-corrected chi connectivity index (χ1v) is 7.63. The second-order valence-electron chi connectivity index (χ2n) is 5.73. The molecule has 0 atom stereocenters. The van der Waals surface area contributed by atoms with Gasteiger partial charge in [-0.05, 0) is 38.8 Å². The highest BCUT2D eigenvalue weighted by Crippen LogP contribution is 2.16. The van der Waals surface area contributed by atoms with E-state index in [-0.39, 0.29) is 5.91 Å². The fourth-order valence-electron chi connectivity index (χ4n) is 2.84. The first-order valence-electron chi connectivity index (χ1n) is 7.63. The molecule has 0 unspecified atom stereocenters. The SMILES string of the molecule is Cc1noc(C)c1CNC1CCN(C(=O)c2ccco2)CC1. The van der Waals surface area contributed by atoms with Crippen LogP contribution >= 0.6 is 0 Å². The zero-order valence-electron chi connectivity index (χ0n) is 13.0. The highest BCUT2D eigenvalue weighted by atomic mass is 16.5. The van der Waals surface area contributed by atoms with Gasteiger partial charge in [-0.25, -0.2) is 0 Å². The Morgan fingerprint density at radius 2 is 2.18 bits per heavy atom. The highest BCUT2D eigenvalue weighted by Gasteiger charge is 2.25. The minimum absolute atomic E-state index is 0.0193. The van der Waals surface area contributed by atoms with Gasteiger partial charge in [0.05, 0.1) is 12.0 Å². The monoisotopic (exact) mass is 303 g/mol. The van der Waals surface area contributed by atoms with Crippen LogP contribution in [0.5, 0.6) is 0 Å². The van der Waals surface area contributed by atoms with Crippen molar-refractivity contribution in [3.8, 4) is 0 Å². The maximum atomic E-state index is 12.2. The predicted octanol–water partition coefficient (Wildman–Crippen LogP) is 2.28. The molecule has 0 bridgehead atoms. The first kappa shape index (κ1) is 14.8. The van der Waals surface area contributed by atoms with Gasteiger partial charge in [0.25, 0.3) is 5.91 Å². The Morgan fingerprint density at radius 3 is 2.77 bits per heavy atom. The van der Waals surface area contributed by atoms with E-state index in [1.54, 1.807) is 12.1 Å². The van der Waals surface area contributed by atoms with Crippen LogP contribution in [0.25, 0.3) is 0 Å². The molecule has 3 rings (SSSR count). The topological polar surface area (TPSA) is 71.5 Å². The van der Waals surface area contributed by atoms with Crippen molar-refractivity contribution in [3.63, 3.8) is 0 Å². The quantitative estimate of drug-likeness (QED) is 0.938. The summed E-state index contributed by atoms with van der Waals surface area (Å²) in [5.41, 5.74) is 2.07. The molecular formula is C16H21N3O3. The fourth-order valence-corrected chi connectivity index (χ4v) is 2.84. The molecular weight excluding hydrogens is 282 g/mol. The maximum absolute atomic E-state index is 12.2. The van der Waals surface area contributed by atoms with Gasteiger partial charge in [0.1, 0.15) is 5.76 Å². The summed E-state index contributed by atoms with van der Waals surface area (Å²) in [6, 6.07) is 3.87. The summed E-state index contributed by atoms with van der Waals surface area (Å²) in [7, 11) is 0. The average molecular weight is 303 g/mol. The van der Waals surface area contributed by atoms with Crippen molar-refractivity contribution in [2.24, 2.45) is 0 Å². The Bertz CT molecular complexity index is 606. The third-order valence-corrected chi connectivity index (χ3v) is 4.26. The zero-order chi connectivity index (χ0) is 15.5. The molecule has 0 radical (unpaired) electrons. The molecule has 1 fully saturated rings. The molecule has 2 aromatic rings. The van der Waals surface area contributed by atoms with E-state index in [1.807, 2.05) is 18.7 Å². The smallest absolute Gasteiger partial charge is 0.289 e. The van der Waals surface area contributed by atoms with Gasteiger partial charge in [-0.15, -0.1) is 0 Å². The van der Waals surface area contributed by atoms with Crippen LogP contribution in [0.3, 0.4) is 0 Å². The second-order valence-corrected chi connectivity index (χ2v) is 5.73. The summed E-state index contributed by atoms with van der Waals surface area (Å²) in [5, 5.41) is 7.50. The molecule has 1 aliphatic rings. The molecule has 0 aliphatic carbocycles. The van der Waals surface area contributed by atoms with Crippen molar-refractivity contribution < 1.29 is 13.7 Å². The van der Waals surface area contributed by atoms with Gasteiger partial charge in [-0.1, -0.05) is 5.16 Å². The van der Waals surface area contributed by atoms with Crippen LogP contribution in [-0.4, -0.2) is 35.1 Å². The van der Waals surface area contributed by atoms with Crippen molar-refractivity contribution in [3.05, 3.63) is 41.2 Å². The molecule has 1 amide bonds. The van der Waals surface area contributed by atoms with E-state index >= 15 is 0 Å².